The topological polar surface area (TPSA) is 69.6 Å². The number of carbonyl (C=O) groups excluding carboxylic acids is 2. The standard InChI is InChI=1S/C26H30N2O4/c1-6-11-27-25(29)17(2)12-18-7-10-23-22(13-18)21(16-28(23)3)14-19-8-9-20(26(30)32-5)15-24(19)31-4/h7-10,12-13,15-16H,6,11,14H2,1-5H3,(H,27,29). The smallest absolute Gasteiger partial charge is 0.337 e. The van der Waals surface area contributed by atoms with Gasteiger partial charge in [-0.05, 0) is 60.4 Å². The van der Waals surface area contributed by atoms with E-state index in [-0.39, 0.29) is 5.91 Å². The molecule has 2 aromatic carbocycles. The van der Waals surface area contributed by atoms with Crippen LogP contribution in [0.2, 0.25) is 0 Å². The van der Waals surface area contributed by atoms with E-state index >= 15 is 0 Å². The lowest BCUT2D eigenvalue weighted by Gasteiger charge is -2.10. The lowest BCUT2D eigenvalue weighted by Crippen LogP contribution is -2.24. The van der Waals surface area contributed by atoms with E-state index in [1.54, 1.807) is 19.2 Å². The molecule has 1 amide bonds. The van der Waals surface area contributed by atoms with E-state index in [9.17, 15) is 9.59 Å². The summed E-state index contributed by atoms with van der Waals surface area (Å²) >= 11 is 0. The summed E-state index contributed by atoms with van der Waals surface area (Å²) in [6.07, 6.45) is 5.56. The van der Waals surface area contributed by atoms with Crippen LogP contribution in [-0.4, -0.2) is 37.2 Å². The van der Waals surface area contributed by atoms with Crippen molar-refractivity contribution >= 4 is 28.9 Å². The quantitative estimate of drug-likeness (QED) is 0.419. The van der Waals surface area contributed by atoms with Gasteiger partial charge >= 0.3 is 5.97 Å². The highest BCUT2D eigenvalue weighted by Crippen LogP contribution is 2.29. The van der Waals surface area contributed by atoms with Gasteiger partial charge in [0.25, 0.3) is 0 Å². The Morgan fingerprint density at radius 2 is 1.88 bits per heavy atom. The van der Waals surface area contributed by atoms with Gasteiger partial charge in [-0.3, -0.25) is 4.79 Å². The van der Waals surface area contributed by atoms with E-state index in [0.717, 1.165) is 34.0 Å². The van der Waals surface area contributed by atoms with Crippen LogP contribution in [0.1, 0.15) is 47.3 Å². The van der Waals surface area contributed by atoms with Gasteiger partial charge in [0.05, 0.1) is 19.8 Å². The van der Waals surface area contributed by atoms with E-state index in [0.29, 0.717) is 29.9 Å². The van der Waals surface area contributed by atoms with Crippen molar-refractivity contribution in [3.05, 3.63) is 70.4 Å². The average Bonchev–Trinajstić information content (AvgIpc) is 3.11. The molecule has 0 atom stereocenters. The Balaban J connectivity index is 1.95. The summed E-state index contributed by atoms with van der Waals surface area (Å²) in [5, 5.41) is 4.02. The number of carbonyl (C=O) groups is 2. The molecular weight excluding hydrogens is 404 g/mol. The highest BCUT2D eigenvalue weighted by Gasteiger charge is 2.14. The van der Waals surface area contributed by atoms with E-state index < -0.39 is 5.97 Å². The largest absolute Gasteiger partial charge is 0.496 e. The van der Waals surface area contributed by atoms with Gasteiger partial charge in [-0.2, -0.15) is 0 Å². The summed E-state index contributed by atoms with van der Waals surface area (Å²) in [5.74, 6) is 0.204. The first kappa shape index (κ1) is 23.1. The van der Waals surface area contributed by atoms with Crippen molar-refractivity contribution in [1.82, 2.24) is 9.88 Å². The number of nitrogens with zero attached hydrogens (tertiary/aromatic N) is 1. The minimum Gasteiger partial charge on any atom is -0.496 e. The van der Waals surface area contributed by atoms with Gasteiger partial charge in [-0.1, -0.05) is 19.1 Å². The summed E-state index contributed by atoms with van der Waals surface area (Å²) in [4.78, 5) is 24.1. The number of methoxy groups -OCH3 is 2. The number of nitrogens with one attached hydrogen (secondary N) is 1. The van der Waals surface area contributed by atoms with Crippen molar-refractivity contribution in [1.29, 1.82) is 0 Å². The number of fused-ring (bicyclic) bond motifs is 1. The molecular formula is C26H30N2O4. The van der Waals surface area contributed by atoms with Crippen LogP contribution in [0.3, 0.4) is 0 Å². The van der Waals surface area contributed by atoms with Crippen LogP contribution in [0.15, 0.2) is 48.2 Å². The van der Waals surface area contributed by atoms with Crippen LogP contribution >= 0.6 is 0 Å². The second kappa shape index (κ2) is 10.2. The van der Waals surface area contributed by atoms with Crippen molar-refractivity contribution < 1.29 is 19.1 Å². The number of hydrogen-bond donors (Lipinski definition) is 1. The van der Waals surface area contributed by atoms with E-state index in [1.165, 1.54) is 7.11 Å². The first-order valence-corrected chi connectivity index (χ1v) is 10.7. The lowest BCUT2D eigenvalue weighted by molar-refractivity contribution is -0.117. The molecule has 6 nitrogen and oxygen atoms in total. The molecule has 0 bridgehead atoms. The van der Waals surface area contributed by atoms with Crippen LogP contribution in [0, 0.1) is 0 Å². The monoisotopic (exact) mass is 434 g/mol. The molecule has 0 saturated carbocycles. The number of benzene rings is 2. The van der Waals surface area contributed by atoms with Gasteiger partial charge in [0.1, 0.15) is 5.75 Å². The molecule has 0 aliphatic carbocycles. The first-order chi connectivity index (χ1) is 15.4. The number of esters is 1. The molecule has 3 aromatic rings. The van der Waals surface area contributed by atoms with Crippen LogP contribution < -0.4 is 10.1 Å². The molecule has 0 unspecified atom stereocenters. The summed E-state index contributed by atoms with van der Waals surface area (Å²) in [6.45, 7) is 4.53. The zero-order valence-corrected chi connectivity index (χ0v) is 19.3. The molecule has 0 fully saturated rings. The second-order valence-corrected chi connectivity index (χ2v) is 7.82. The Morgan fingerprint density at radius 1 is 1.09 bits per heavy atom. The van der Waals surface area contributed by atoms with Gasteiger partial charge in [-0.15, -0.1) is 0 Å². The maximum absolute atomic E-state index is 12.2. The highest BCUT2D eigenvalue weighted by atomic mass is 16.5. The number of aryl methyl sites for hydroxylation is 1. The van der Waals surface area contributed by atoms with Gasteiger partial charge in [-0.25, -0.2) is 4.79 Å². The Bertz CT molecular complexity index is 1170. The number of ether oxygens (including phenoxy) is 2. The summed E-state index contributed by atoms with van der Waals surface area (Å²) in [7, 11) is 4.97. The second-order valence-electron chi connectivity index (χ2n) is 7.82. The minimum absolute atomic E-state index is 0.0457. The predicted octanol–water partition coefficient (Wildman–Crippen LogP) is 4.49. The normalized spacial score (nSPS) is 11.5. The molecule has 0 saturated heterocycles. The van der Waals surface area contributed by atoms with Gasteiger partial charge in [0.2, 0.25) is 5.91 Å². The molecule has 1 aromatic heterocycles. The molecule has 1 heterocycles. The van der Waals surface area contributed by atoms with Crippen molar-refractivity contribution in [3.8, 4) is 5.75 Å². The van der Waals surface area contributed by atoms with E-state index in [2.05, 4.69) is 28.2 Å². The molecule has 0 aliphatic rings. The van der Waals surface area contributed by atoms with Gasteiger partial charge < -0.3 is 19.4 Å². The molecule has 0 aliphatic heterocycles. The number of aromatic nitrogens is 1. The lowest BCUT2D eigenvalue weighted by atomic mass is 10.00. The SMILES string of the molecule is CCCNC(=O)C(C)=Cc1ccc2c(c1)c(Cc1ccc(C(=O)OC)cc1OC)cn2C. The molecule has 0 radical (unpaired) electrons. The summed E-state index contributed by atoms with van der Waals surface area (Å²) < 4.78 is 12.4. The minimum atomic E-state index is -0.394. The fourth-order valence-electron chi connectivity index (χ4n) is 3.76. The van der Waals surface area contributed by atoms with Crippen molar-refractivity contribution in [2.45, 2.75) is 26.7 Å². The zero-order chi connectivity index (χ0) is 23.3. The first-order valence-electron chi connectivity index (χ1n) is 10.7. The maximum atomic E-state index is 12.2. The highest BCUT2D eigenvalue weighted by molar-refractivity contribution is 5.98. The molecule has 3 rings (SSSR count). The Labute approximate surface area is 188 Å². The van der Waals surface area contributed by atoms with Crippen molar-refractivity contribution in [2.24, 2.45) is 7.05 Å². The Morgan fingerprint density at radius 3 is 2.56 bits per heavy atom. The third-order valence-electron chi connectivity index (χ3n) is 5.46. The van der Waals surface area contributed by atoms with Crippen molar-refractivity contribution in [3.63, 3.8) is 0 Å². The van der Waals surface area contributed by atoms with E-state index in [1.807, 2.05) is 39.1 Å². The van der Waals surface area contributed by atoms with E-state index in [4.69, 9.17) is 9.47 Å². The molecule has 6 heteroatoms. The average molecular weight is 435 g/mol. The van der Waals surface area contributed by atoms with Gasteiger partial charge in [0.15, 0.2) is 0 Å². The molecule has 32 heavy (non-hydrogen) atoms. The van der Waals surface area contributed by atoms with Crippen LogP contribution in [0.4, 0.5) is 0 Å². The van der Waals surface area contributed by atoms with Gasteiger partial charge in [0, 0.05) is 42.7 Å². The molecule has 168 valence electrons. The molecule has 0 spiro atoms. The zero-order valence-electron chi connectivity index (χ0n) is 19.3. The number of hydrogen-bond acceptors (Lipinski definition) is 4. The predicted molar refractivity (Wildman–Crippen MR) is 127 cm³/mol. The third-order valence-corrected chi connectivity index (χ3v) is 5.46. The Kier molecular flexibility index (Phi) is 7.36. The van der Waals surface area contributed by atoms with Crippen molar-refractivity contribution in [2.75, 3.05) is 20.8 Å². The Hall–Kier alpha value is -3.54. The van der Waals surface area contributed by atoms with Crippen LogP contribution in [0.25, 0.3) is 17.0 Å². The molecule has 1 N–H and O–H groups in total. The fraction of sp³-hybridized carbons (Fsp3) is 0.308. The third kappa shape index (κ3) is 5.02. The fourth-order valence-corrected chi connectivity index (χ4v) is 3.76. The number of amides is 1. The summed E-state index contributed by atoms with van der Waals surface area (Å²) in [6, 6.07) is 11.6. The maximum Gasteiger partial charge on any atom is 0.337 e. The van der Waals surface area contributed by atoms with Crippen LogP contribution in [-0.2, 0) is 23.0 Å². The summed E-state index contributed by atoms with van der Waals surface area (Å²) in [5.41, 5.74) is 5.32. The number of rotatable bonds is 8. The van der Waals surface area contributed by atoms with Crippen LogP contribution in [0.5, 0.6) is 5.75 Å².